The number of piperazine rings is 1. The molecule has 1 aliphatic heterocycles. The van der Waals surface area contributed by atoms with Crippen LogP contribution >= 0.6 is 23.2 Å². The molecule has 240 valence electrons. The number of halogens is 2. The minimum Gasteiger partial charge on any atom is -0.634 e. The number of nitrogens with zero attached hydrogens (tertiary/aromatic N) is 4. The number of carbonyl (C=O) groups excluding carboxylic acids is 1. The Morgan fingerprint density at radius 3 is 2.23 bits per heavy atom. The van der Waals surface area contributed by atoms with E-state index in [-0.39, 0.29) is 55.2 Å². The van der Waals surface area contributed by atoms with E-state index in [4.69, 9.17) is 37.4 Å². The van der Waals surface area contributed by atoms with Crippen molar-refractivity contribution in [3.63, 3.8) is 0 Å². The van der Waals surface area contributed by atoms with Gasteiger partial charge < -0.3 is 24.5 Å². The number of pyridine rings is 1. The van der Waals surface area contributed by atoms with Crippen molar-refractivity contribution in [1.29, 1.82) is 0 Å². The minimum absolute atomic E-state index is 0.0155. The molecule has 0 spiro atoms. The maximum absolute atomic E-state index is 14.5. The molecule has 3 aromatic rings. The Hall–Kier alpha value is -3.01. The number of rotatable bonds is 9. The van der Waals surface area contributed by atoms with E-state index in [0.717, 1.165) is 10.8 Å². The van der Waals surface area contributed by atoms with Gasteiger partial charge in [-0.25, -0.2) is 18.2 Å². The molecule has 0 aliphatic carbocycles. The number of benzene rings is 1. The van der Waals surface area contributed by atoms with E-state index in [2.05, 4.69) is 9.97 Å². The monoisotopic (exact) mass is 671 g/mol. The molecule has 13 nitrogen and oxygen atoms in total. The van der Waals surface area contributed by atoms with Crippen molar-refractivity contribution in [2.75, 3.05) is 53.2 Å². The van der Waals surface area contributed by atoms with Gasteiger partial charge in [-0.05, 0) is 33.3 Å². The molecule has 4 rings (SSSR count). The van der Waals surface area contributed by atoms with Crippen LogP contribution in [0, 0.1) is 5.21 Å². The number of hydroxylamine groups is 2. The molecule has 3 heterocycles. The van der Waals surface area contributed by atoms with Crippen molar-refractivity contribution >= 4 is 50.0 Å². The molecule has 1 unspecified atom stereocenters. The van der Waals surface area contributed by atoms with E-state index in [0.29, 0.717) is 32.7 Å². The summed E-state index contributed by atoms with van der Waals surface area (Å²) in [7, 11) is -1.11. The largest absolute Gasteiger partial charge is 0.634 e. The van der Waals surface area contributed by atoms with Crippen LogP contribution in [-0.4, -0.2) is 92.6 Å². The van der Waals surface area contributed by atoms with E-state index in [1.807, 2.05) is 4.90 Å². The van der Waals surface area contributed by atoms with E-state index in [1.165, 1.54) is 32.5 Å². The molecule has 1 saturated heterocycles. The quantitative estimate of drug-likeness (QED) is 0.202. The third kappa shape index (κ3) is 7.27. The van der Waals surface area contributed by atoms with Gasteiger partial charge in [-0.2, -0.15) is 4.98 Å². The molecule has 44 heavy (non-hydrogen) atoms. The highest BCUT2D eigenvalue weighted by Gasteiger charge is 2.33. The lowest BCUT2D eigenvalue weighted by atomic mass is 10.0. The zero-order chi connectivity index (χ0) is 32.6. The zero-order valence-electron chi connectivity index (χ0n) is 25.3. The van der Waals surface area contributed by atoms with Gasteiger partial charge in [0.2, 0.25) is 15.0 Å². The first kappa shape index (κ1) is 33.9. The smallest absolute Gasteiger partial charge is 0.329 e. The summed E-state index contributed by atoms with van der Waals surface area (Å²) in [4.78, 5) is 38.6. The van der Waals surface area contributed by atoms with Gasteiger partial charge in [-0.3, -0.25) is 14.3 Å². The first-order valence-electron chi connectivity index (χ1n) is 13.7. The topological polar surface area (TPSA) is 157 Å². The summed E-state index contributed by atoms with van der Waals surface area (Å²) in [6.45, 7) is 7.21. The van der Waals surface area contributed by atoms with Crippen LogP contribution in [-0.2, 0) is 19.4 Å². The molecule has 0 saturated carbocycles. The molecule has 1 atom stereocenters. The van der Waals surface area contributed by atoms with Crippen molar-refractivity contribution in [3.05, 3.63) is 43.9 Å². The number of hydrogen-bond acceptors (Lipinski definition) is 11. The predicted molar refractivity (Wildman–Crippen MR) is 165 cm³/mol. The number of aromatic nitrogens is 3. The van der Waals surface area contributed by atoms with Crippen LogP contribution in [0.25, 0.3) is 22.2 Å². The summed E-state index contributed by atoms with van der Waals surface area (Å²) in [6.07, 6.45) is 2.28. The summed E-state index contributed by atoms with van der Waals surface area (Å²) in [6, 6.07) is 1.64. The average Bonchev–Trinajstić information content (AvgIpc) is 2.94. The molecule has 1 aliphatic rings. The Morgan fingerprint density at radius 2 is 1.70 bits per heavy atom. The maximum atomic E-state index is 14.5. The molecule has 2 aromatic heterocycles. The highest BCUT2D eigenvalue weighted by Crippen LogP contribution is 2.45. The van der Waals surface area contributed by atoms with Crippen LogP contribution in [0.15, 0.2) is 28.3 Å². The molecule has 0 amide bonds. The van der Waals surface area contributed by atoms with Crippen molar-refractivity contribution in [2.45, 2.75) is 44.0 Å². The lowest BCUT2D eigenvalue weighted by Gasteiger charge is -2.35. The Labute approximate surface area is 265 Å². The van der Waals surface area contributed by atoms with Crippen LogP contribution in [0.4, 0.5) is 0 Å². The fraction of sp³-hybridized carbons (Fsp3) is 0.500. The van der Waals surface area contributed by atoms with Crippen LogP contribution in [0.2, 0.25) is 10.0 Å². The van der Waals surface area contributed by atoms with Gasteiger partial charge in [-0.15, -0.1) is 0 Å². The van der Waals surface area contributed by atoms with Crippen LogP contribution < -0.4 is 20.1 Å². The molecule has 1 N–H and O–H groups in total. The number of nitrogens with one attached hydrogen (secondary N) is 1. The van der Waals surface area contributed by atoms with Gasteiger partial charge in [0.05, 0.1) is 42.9 Å². The maximum Gasteiger partial charge on any atom is 0.329 e. The summed E-state index contributed by atoms with van der Waals surface area (Å²) in [5.74, 6) is -0.368. The summed E-state index contributed by atoms with van der Waals surface area (Å²) < 4.78 is 42.5. The summed E-state index contributed by atoms with van der Waals surface area (Å²) in [5, 5.41) is 11.7. The Bertz CT molecular complexity index is 1710. The average molecular weight is 673 g/mol. The minimum atomic E-state index is -3.90. The molecule has 0 bridgehead atoms. The molecule has 0 radical (unpaired) electrons. The number of quaternary nitrogens is 1. The predicted octanol–water partition coefficient (Wildman–Crippen LogP) is 2.16. The number of fused-ring (bicyclic) bond motifs is 1. The SMILES string of the molecule is COc1cc(OC)c(Cl)c(-c2cc3cnc(S(C)(=O)=O)nc3n(C(CCN3CC[NH+]([O-])CC3)C(=O)OC(C)(C)C)c2=O)c1Cl. The summed E-state index contributed by atoms with van der Waals surface area (Å²) in [5.41, 5.74) is -1.70. The molecular weight excluding hydrogens is 637 g/mol. The van der Waals surface area contributed by atoms with E-state index >= 15 is 0 Å². The fourth-order valence-electron chi connectivity index (χ4n) is 4.93. The van der Waals surface area contributed by atoms with Gasteiger partial charge in [0, 0.05) is 49.1 Å². The number of esters is 1. The van der Waals surface area contributed by atoms with Crippen molar-refractivity contribution in [1.82, 2.24) is 19.4 Å². The fourth-order valence-corrected chi connectivity index (χ4v) is 6.13. The van der Waals surface area contributed by atoms with Crippen LogP contribution in [0.3, 0.4) is 0 Å². The van der Waals surface area contributed by atoms with Gasteiger partial charge in [0.1, 0.15) is 28.8 Å². The van der Waals surface area contributed by atoms with Gasteiger partial charge >= 0.3 is 5.97 Å². The second-order valence-corrected chi connectivity index (χ2v) is 14.1. The number of carbonyl (C=O) groups is 1. The number of sulfone groups is 1. The van der Waals surface area contributed by atoms with E-state index in [9.17, 15) is 23.2 Å². The highest BCUT2D eigenvalue weighted by molar-refractivity contribution is 7.90. The van der Waals surface area contributed by atoms with Gasteiger partial charge in [0.15, 0.2) is 0 Å². The number of ether oxygens (including phenoxy) is 3. The third-order valence-electron chi connectivity index (χ3n) is 7.05. The molecule has 1 aromatic carbocycles. The first-order valence-corrected chi connectivity index (χ1v) is 16.4. The Balaban J connectivity index is 2.03. The molecule has 1 fully saturated rings. The second-order valence-electron chi connectivity index (χ2n) is 11.4. The zero-order valence-corrected chi connectivity index (χ0v) is 27.6. The first-order chi connectivity index (χ1) is 20.6. The van der Waals surface area contributed by atoms with Crippen molar-refractivity contribution in [3.8, 4) is 22.6 Å². The lowest BCUT2D eigenvalue weighted by Crippen LogP contribution is -3.10. The highest BCUT2D eigenvalue weighted by atomic mass is 35.5. The second kappa shape index (κ2) is 13.2. The Kier molecular flexibility index (Phi) is 10.1. The Morgan fingerprint density at radius 1 is 1.11 bits per heavy atom. The van der Waals surface area contributed by atoms with Gasteiger partial charge in [0.25, 0.3) is 5.56 Å². The normalized spacial score (nSPS) is 15.8. The third-order valence-corrected chi connectivity index (χ3v) is 8.66. The van der Waals surface area contributed by atoms with Gasteiger partial charge in [-0.1, -0.05) is 23.2 Å². The molecule has 16 heteroatoms. The van der Waals surface area contributed by atoms with E-state index < -0.39 is 38.2 Å². The van der Waals surface area contributed by atoms with Crippen molar-refractivity contribution < 1.29 is 32.5 Å². The number of methoxy groups -OCH3 is 2. The summed E-state index contributed by atoms with van der Waals surface area (Å²) >= 11 is 13.4. The number of hydrogen-bond donors (Lipinski definition) is 1. The standard InChI is InChI=1S/C28H35Cl2N5O8S/c1-28(2,3)43-26(37)18(7-8-33-9-11-34(38)12-10-33)35-24-16(15-31-27(32-24)44(6,39)40)13-17(25(35)36)21-22(29)19(41-4)14-20(42-5)23(21)30/h13-15,18,34H,7-12H2,1-6H3. The van der Waals surface area contributed by atoms with Crippen LogP contribution in [0.1, 0.15) is 33.2 Å². The lowest BCUT2D eigenvalue weighted by molar-refractivity contribution is -0.853. The molecular formula is C28H35Cl2N5O8S. The van der Waals surface area contributed by atoms with Crippen molar-refractivity contribution in [2.24, 2.45) is 0 Å². The van der Waals surface area contributed by atoms with E-state index in [1.54, 1.807) is 20.8 Å². The van der Waals surface area contributed by atoms with Crippen LogP contribution in [0.5, 0.6) is 11.5 Å².